The molecule has 1 atom stereocenters. The molecule has 2 aromatic heterocycles. The number of nitrogens with zero attached hydrogens (tertiary/aromatic N) is 5. The van der Waals surface area contributed by atoms with Crippen molar-refractivity contribution in [2.24, 2.45) is 5.73 Å². The first-order chi connectivity index (χ1) is 14.1. The Kier molecular flexibility index (Phi) is 4.43. The van der Waals surface area contributed by atoms with Gasteiger partial charge >= 0.3 is 0 Å². The molecular weight excluding hydrogens is 360 g/mol. The van der Waals surface area contributed by atoms with Gasteiger partial charge in [0.25, 0.3) is 0 Å². The molecule has 29 heavy (non-hydrogen) atoms. The number of aromatic nitrogens is 4. The summed E-state index contributed by atoms with van der Waals surface area (Å²) in [5, 5.41) is 5.89. The van der Waals surface area contributed by atoms with Gasteiger partial charge in [-0.25, -0.2) is 9.97 Å². The Morgan fingerprint density at radius 2 is 1.76 bits per heavy atom. The zero-order valence-corrected chi connectivity index (χ0v) is 17.0. The summed E-state index contributed by atoms with van der Waals surface area (Å²) in [6, 6.07) is 14.3. The monoisotopic (exact) mass is 386 g/mol. The molecule has 0 bridgehead atoms. The normalized spacial score (nSPS) is 15.9. The van der Waals surface area contributed by atoms with Crippen LogP contribution in [0.25, 0.3) is 27.9 Å². The molecule has 0 amide bonds. The molecule has 5 rings (SSSR count). The van der Waals surface area contributed by atoms with Gasteiger partial charge in [0.2, 0.25) is 5.95 Å². The lowest BCUT2D eigenvalue weighted by Gasteiger charge is -2.28. The summed E-state index contributed by atoms with van der Waals surface area (Å²) >= 11 is 0. The minimum atomic E-state index is -0.0990. The van der Waals surface area contributed by atoms with Gasteiger partial charge in [0.05, 0.1) is 5.52 Å². The average Bonchev–Trinajstić information content (AvgIpc) is 3.20. The average molecular weight is 387 g/mol. The van der Waals surface area contributed by atoms with Crippen LogP contribution >= 0.6 is 0 Å². The van der Waals surface area contributed by atoms with E-state index in [-0.39, 0.29) is 6.04 Å². The van der Waals surface area contributed by atoms with E-state index in [0.29, 0.717) is 0 Å². The van der Waals surface area contributed by atoms with Crippen molar-refractivity contribution in [3.63, 3.8) is 0 Å². The molecule has 0 unspecified atom stereocenters. The lowest BCUT2D eigenvalue weighted by atomic mass is 10.0. The zero-order chi connectivity index (χ0) is 20.0. The minimum Gasteiger partial charge on any atom is -0.341 e. The van der Waals surface area contributed by atoms with Crippen molar-refractivity contribution >= 4 is 22.5 Å². The summed E-state index contributed by atoms with van der Waals surface area (Å²) < 4.78 is 1.93. The Morgan fingerprint density at radius 1 is 1.00 bits per heavy atom. The Bertz CT molecular complexity index is 1170. The highest BCUT2D eigenvalue weighted by molar-refractivity contribution is 5.95. The maximum Gasteiger partial charge on any atom is 0.229 e. The van der Waals surface area contributed by atoms with Crippen LogP contribution in [-0.2, 0) is 0 Å². The van der Waals surface area contributed by atoms with Crippen LogP contribution in [-0.4, -0.2) is 32.7 Å². The first kappa shape index (κ1) is 18.1. The molecule has 1 aliphatic rings. The zero-order valence-electron chi connectivity index (χ0n) is 17.0. The van der Waals surface area contributed by atoms with E-state index in [1.54, 1.807) is 0 Å². The van der Waals surface area contributed by atoms with Crippen LogP contribution in [0.15, 0.2) is 42.5 Å². The van der Waals surface area contributed by atoms with E-state index < -0.39 is 0 Å². The molecule has 2 N–H and O–H groups in total. The van der Waals surface area contributed by atoms with E-state index in [9.17, 15) is 0 Å². The molecule has 3 heterocycles. The van der Waals surface area contributed by atoms with Crippen LogP contribution < -0.4 is 10.6 Å². The Hall–Kier alpha value is -2.99. The molecular formula is C23H26N6. The van der Waals surface area contributed by atoms with Gasteiger partial charge in [-0.3, -0.25) is 0 Å². The molecule has 0 aliphatic carbocycles. The van der Waals surface area contributed by atoms with Crippen LogP contribution in [0.1, 0.15) is 43.4 Å². The number of aryl methyl sites for hydroxylation is 1. The van der Waals surface area contributed by atoms with E-state index in [1.165, 1.54) is 19.3 Å². The highest BCUT2D eigenvalue weighted by atomic mass is 15.4. The summed E-state index contributed by atoms with van der Waals surface area (Å²) in [6.07, 6.45) is 3.62. The summed E-state index contributed by atoms with van der Waals surface area (Å²) in [7, 11) is 0. The maximum atomic E-state index is 6.32. The topological polar surface area (TPSA) is 72.3 Å². The number of fused-ring (bicyclic) bond motifs is 3. The van der Waals surface area contributed by atoms with Crippen molar-refractivity contribution in [3.8, 4) is 11.4 Å². The SMILES string of the molecule is Cc1cc([C@@H](C)N)c2nc(N3CCCCC3)n3nc(-c4ccccc4)nc3c2c1. The third kappa shape index (κ3) is 3.13. The maximum absolute atomic E-state index is 6.32. The van der Waals surface area contributed by atoms with Gasteiger partial charge < -0.3 is 10.6 Å². The van der Waals surface area contributed by atoms with Gasteiger partial charge in [-0.15, -0.1) is 5.10 Å². The molecule has 0 radical (unpaired) electrons. The molecule has 4 aromatic rings. The van der Waals surface area contributed by atoms with Gasteiger partial charge in [0.1, 0.15) is 0 Å². The second kappa shape index (κ2) is 7.12. The van der Waals surface area contributed by atoms with Crippen LogP contribution in [0.3, 0.4) is 0 Å². The van der Waals surface area contributed by atoms with Crippen LogP contribution in [0.2, 0.25) is 0 Å². The summed E-state index contributed by atoms with van der Waals surface area (Å²) in [5.74, 6) is 1.59. The highest BCUT2D eigenvalue weighted by Gasteiger charge is 2.22. The lowest BCUT2D eigenvalue weighted by Crippen LogP contribution is -2.32. The summed E-state index contributed by atoms with van der Waals surface area (Å²) in [4.78, 5) is 12.4. The van der Waals surface area contributed by atoms with E-state index in [0.717, 1.165) is 58.1 Å². The standard InChI is InChI=1S/C23H26N6/c1-15-13-18(16(2)24)20-19(14-15)22-26-21(17-9-5-3-6-10-17)27-29(22)23(25-20)28-11-7-4-8-12-28/h3,5-6,9-10,13-14,16H,4,7-8,11-12,24H2,1-2H3/t16-/m1/s1. The molecule has 0 saturated carbocycles. The molecule has 2 aromatic carbocycles. The highest BCUT2D eigenvalue weighted by Crippen LogP contribution is 2.31. The van der Waals surface area contributed by atoms with Gasteiger partial charge in [-0.05, 0) is 50.3 Å². The van der Waals surface area contributed by atoms with Crippen molar-refractivity contribution in [1.29, 1.82) is 0 Å². The number of anilines is 1. The molecule has 1 fully saturated rings. The number of benzene rings is 2. The van der Waals surface area contributed by atoms with E-state index >= 15 is 0 Å². The molecule has 148 valence electrons. The molecule has 1 aliphatic heterocycles. The van der Waals surface area contributed by atoms with E-state index in [1.807, 2.05) is 41.8 Å². The Labute approximate surface area is 170 Å². The van der Waals surface area contributed by atoms with Crippen LogP contribution in [0, 0.1) is 6.92 Å². The number of nitrogens with two attached hydrogens (primary N) is 1. The van der Waals surface area contributed by atoms with Crippen molar-refractivity contribution in [2.45, 2.75) is 39.2 Å². The van der Waals surface area contributed by atoms with E-state index in [2.05, 4.69) is 24.0 Å². The first-order valence-corrected chi connectivity index (χ1v) is 10.4. The van der Waals surface area contributed by atoms with Crippen molar-refractivity contribution < 1.29 is 0 Å². The fraction of sp³-hybridized carbons (Fsp3) is 0.348. The van der Waals surface area contributed by atoms with E-state index in [4.69, 9.17) is 20.8 Å². The van der Waals surface area contributed by atoms with Gasteiger partial charge in [-0.1, -0.05) is 36.4 Å². The molecule has 1 saturated heterocycles. The van der Waals surface area contributed by atoms with Gasteiger partial charge in [0.15, 0.2) is 11.5 Å². The van der Waals surface area contributed by atoms with Crippen LogP contribution in [0.5, 0.6) is 0 Å². The summed E-state index contributed by atoms with van der Waals surface area (Å²) in [6.45, 7) is 6.09. The largest absolute Gasteiger partial charge is 0.341 e. The third-order valence-corrected chi connectivity index (χ3v) is 5.69. The lowest BCUT2D eigenvalue weighted by molar-refractivity contribution is 0.563. The number of hydrogen-bond donors (Lipinski definition) is 1. The number of piperidine rings is 1. The molecule has 0 spiro atoms. The Morgan fingerprint density at radius 3 is 2.48 bits per heavy atom. The molecule has 6 heteroatoms. The first-order valence-electron chi connectivity index (χ1n) is 10.4. The fourth-order valence-corrected chi connectivity index (χ4v) is 4.23. The van der Waals surface area contributed by atoms with Crippen molar-refractivity contribution in [1.82, 2.24) is 19.6 Å². The second-order valence-corrected chi connectivity index (χ2v) is 8.04. The van der Waals surface area contributed by atoms with Gasteiger partial charge in [0, 0.05) is 30.1 Å². The number of hydrogen-bond acceptors (Lipinski definition) is 5. The second-order valence-electron chi connectivity index (χ2n) is 8.04. The quantitative estimate of drug-likeness (QED) is 0.569. The Balaban J connectivity index is 1.84. The minimum absolute atomic E-state index is 0.0990. The van der Waals surface area contributed by atoms with Gasteiger partial charge in [-0.2, -0.15) is 4.52 Å². The van der Waals surface area contributed by atoms with Crippen molar-refractivity contribution in [3.05, 3.63) is 53.6 Å². The smallest absolute Gasteiger partial charge is 0.229 e. The predicted molar refractivity (Wildman–Crippen MR) is 117 cm³/mol. The molecule has 6 nitrogen and oxygen atoms in total. The third-order valence-electron chi connectivity index (χ3n) is 5.69. The predicted octanol–water partition coefficient (Wildman–Crippen LogP) is 4.26. The fourth-order valence-electron chi connectivity index (χ4n) is 4.23. The summed E-state index contributed by atoms with van der Waals surface area (Å²) in [5.41, 5.74) is 11.3. The van der Waals surface area contributed by atoms with Crippen LogP contribution in [0.4, 0.5) is 5.95 Å². The van der Waals surface area contributed by atoms with Crippen molar-refractivity contribution in [2.75, 3.05) is 18.0 Å². The number of rotatable bonds is 3.